The zero-order valence-electron chi connectivity index (χ0n) is 20.7. The van der Waals surface area contributed by atoms with E-state index >= 15 is 0 Å². The van der Waals surface area contributed by atoms with Gasteiger partial charge >= 0.3 is 12.1 Å². The van der Waals surface area contributed by atoms with Crippen molar-refractivity contribution in [3.8, 4) is 0 Å². The van der Waals surface area contributed by atoms with Crippen LogP contribution in [0.4, 0.5) is 4.79 Å². The maximum absolute atomic E-state index is 12.9. The van der Waals surface area contributed by atoms with Gasteiger partial charge in [0.1, 0.15) is 18.8 Å². The number of ether oxygens (including phenoxy) is 2. The molecule has 35 heavy (non-hydrogen) atoms. The Labute approximate surface area is 207 Å². The highest BCUT2D eigenvalue weighted by Crippen LogP contribution is 2.37. The van der Waals surface area contributed by atoms with E-state index in [0.717, 1.165) is 69.8 Å². The van der Waals surface area contributed by atoms with Gasteiger partial charge in [-0.1, -0.05) is 48.9 Å². The van der Waals surface area contributed by atoms with Gasteiger partial charge in [0.2, 0.25) is 11.9 Å². The van der Waals surface area contributed by atoms with Gasteiger partial charge < -0.3 is 14.4 Å². The summed E-state index contributed by atoms with van der Waals surface area (Å²) >= 11 is 0. The second-order valence-electron chi connectivity index (χ2n) is 9.35. The minimum atomic E-state index is -0.839. The van der Waals surface area contributed by atoms with Crippen molar-refractivity contribution in [3.05, 3.63) is 48.0 Å². The number of amides is 2. The Hall–Kier alpha value is -3.16. The second-order valence-corrected chi connectivity index (χ2v) is 9.35. The highest BCUT2D eigenvalue weighted by molar-refractivity contribution is 6.01. The van der Waals surface area contributed by atoms with Crippen molar-refractivity contribution < 1.29 is 23.9 Å². The fourth-order valence-corrected chi connectivity index (χ4v) is 4.51. The fourth-order valence-electron chi connectivity index (χ4n) is 4.51. The lowest BCUT2D eigenvalue weighted by atomic mass is 9.95. The van der Waals surface area contributed by atoms with Crippen LogP contribution in [-0.2, 0) is 25.7 Å². The van der Waals surface area contributed by atoms with E-state index < -0.39 is 17.7 Å². The normalized spacial score (nSPS) is 22.3. The van der Waals surface area contributed by atoms with Crippen LogP contribution in [-0.4, -0.2) is 48.0 Å². The predicted molar refractivity (Wildman–Crippen MR) is 134 cm³/mol. The van der Waals surface area contributed by atoms with Crippen LogP contribution in [0.15, 0.2) is 47.5 Å². The highest BCUT2D eigenvalue weighted by atomic mass is 16.6. The number of allylic oxidation sites excluding steroid dienone is 2. The van der Waals surface area contributed by atoms with Crippen LogP contribution in [0.5, 0.6) is 0 Å². The van der Waals surface area contributed by atoms with Crippen molar-refractivity contribution in [3.63, 3.8) is 0 Å². The molecule has 2 aliphatic rings. The summed E-state index contributed by atoms with van der Waals surface area (Å²) in [6, 6.07) is 9.26. The van der Waals surface area contributed by atoms with Crippen molar-refractivity contribution in [1.82, 2.24) is 10.2 Å². The van der Waals surface area contributed by atoms with E-state index in [1.165, 1.54) is 4.90 Å². The fraction of sp³-hybridized carbons (Fsp3) is 0.556. The smallest absolute Gasteiger partial charge is 0.437 e. The van der Waals surface area contributed by atoms with Crippen molar-refractivity contribution in [2.45, 2.75) is 82.8 Å². The molecule has 0 atom stereocenters. The average Bonchev–Trinajstić information content (AvgIpc) is 3.29. The molecule has 1 N–H and O–H groups in total. The largest absolute Gasteiger partial charge is 0.458 e. The molecule has 1 aromatic rings. The summed E-state index contributed by atoms with van der Waals surface area (Å²) < 4.78 is 11.2. The van der Waals surface area contributed by atoms with Gasteiger partial charge in [0.25, 0.3) is 0 Å². The number of nitrogens with one attached hydrogen (secondary N) is 1. The van der Waals surface area contributed by atoms with Gasteiger partial charge in [-0.15, -0.1) is 4.99 Å². The number of guanidine groups is 1. The number of esters is 1. The van der Waals surface area contributed by atoms with E-state index in [4.69, 9.17) is 9.47 Å². The van der Waals surface area contributed by atoms with E-state index in [2.05, 4.69) is 22.5 Å². The Morgan fingerprint density at radius 3 is 2.54 bits per heavy atom. The molecular formula is C27H37N3O5. The third-order valence-corrected chi connectivity index (χ3v) is 6.43. The molecule has 1 aromatic carbocycles. The van der Waals surface area contributed by atoms with Crippen molar-refractivity contribution >= 4 is 23.9 Å². The predicted octanol–water partition coefficient (Wildman–Crippen LogP) is 4.88. The standard InChI is InChI=1S/C27H37N3O5/c1-30-20-24(32)35-27(18-12-13-19-27)17-11-6-4-2-3-5-10-16-23(31)28-25(30)29-26(33)34-21-22-14-8-7-9-15-22/h4,6-9,14-15H,2-3,5,10-13,16-21H2,1H3,(H,28,29,31,33)/b6-4+. The van der Waals surface area contributed by atoms with E-state index in [1.54, 1.807) is 7.05 Å². The molecule has 8 heteroatoms. The van der Waals surface area contributed by atoms with Gasteiger partial charge in [-0.2, -0.15) is 0 Å². The number of likely N-dealkylation sites (N-methyl/N-ethyl adjacent to an activating group) is 1. The average molecular weight is 484 g/mol. The van der Waals surface area contributed by atoms with Crippen LogP contribution in [0.3, 0.4) is 0 Å². The van der Waals surface area contributed by atoms with E-state index in [9.17, 15) is 14.4 Å². The topological polar surface area (TPSA) is 97.3 Å². The molecule has 0 bridgehead atoms. The number of hydrogen-bond acceptors (Lipinski definition) is 5. The number of carbonyl (C=O) groups is 3. The van der Waals surface area contributed by atoms with Crippen LogP contribution in [0.25, 0.3) is 0 Å². The van der Waals surface area contributed by atoms with E-state index in [1.807, 2.05) is 30.3 Å². The number of aliphatic imine (C=N–C) groups is 1. The van der Waals surface area contributed by atoms with Crippen LogP contribution in [0, 0.1) is 0 Å². The molecule has 1 heterocycles. The molecule has 0 unspecified atom stereocenters. The Morgan fingerprint density at radius 2 is 1.77 bits per heavy atom. The first-order chi connectivity index (χ1) is 17.0. The van der Waals surface area contributed by atoms with Gasteiger partial charge in [-0.3, -0.25) is 14.9 Å². The summed E-state index contributed by atoms with van der Waals surface area (Å²) in [4.78, 5) is 43.2. The molecule has 1 aliphatic heterocycles. The van der Waals surface area contributed by atoms with Gasteiger partial charge in [0, 0.05) is 13.5 Å². The van der Waals surface area contributed by atoms with Crippen LogP contribution >= 0.6 is 0 Å². The van der Waals surface area contributed by atoms with Gasteiger partial charge in [-0.05, 0) is 63.4 Å². The lowest BCUT2D eigenvalue weighted by Crippen LogP contribution is -2.46. The van der Waals surface area contributed by atoms with Crippen LogP contribution in [0.1, 0.15) is 76.2 Å². The molecule has 1 spiro atoms. The minimum Gasteiger partial charge on any atom is -0.458 e. The van der Waals surface area contributed by atoms with Gasteiger partial charge in [0.05, 0.1) is 0 Å². The lowest BCUT2D eigenvalue weighted by molar-refractivity contribution is -0.160. The zero-order valence-corrected chi connectivity index (χ0v) is 20.7. The third-order valence-electron chi connectivity index (χ3n) is 6.43. The lowest BCUT2D eigenvalue weighted by Gasteiger charge is -2.30. The number of rotatable bonds is 2. The third kappa shape index (κ3) is 9.19. The van der Waals surface area contributed by atoms with Gasteiger partial charge in [-0.25, -0.2) is 4.79 Å². The molecular weight excluding hydrogens is 446 g/mol. The van der Waals surface area contributed by atoms with Crippen molar-refractivity contribution in [1.29, 1.82) is 0 Å². The maximum atomic E-state index is 12.9. The number of nitrogens with zero attached hydrogens (tertiary/aromatic N) is 2. The molecule has 8 nitrogen and oxygen atoms in total. The Kier molecular flexibility index (Phi) is 10.3. The first-order valence-corrected chi connectivity index (χ1v) is 12.6. The Bertz CT molecular complexity index is 907. The summed E-state index contributed by atoms with van der Waals surface area (Å²) in [5.41, 5.74) is 0.387. The second kappa shape index (κ2) is 13.7. The zero-order chi connectivity index (χ0) is 24.9. The molecule has 0 radical (unpaired) electrons. The minimum absolute atomic E-state index is 0.0172. The van der Waals surface area contributed by atoms with E-state index in [-0.39, 0.29) is 25.0 Å². The number of hydrogen-bond donors (Lipinski definition) is 1. The summed E-state index contributed by atoms with van der Waals surface area (Å²) in [5, 5.41) is 2.69. The molecule has 0 saturated heterocycles. The Morgan fingerprint density at radius 1 is 1.03 bits per heavy atom. The van der Waals surface area contributed by atoms with Crippen LogP contribution < -0.4 is 5.32 Å². The summed E-state index contributed by atoms with van der Waals surface area (Å²) in [7, 11) is 1.60. The monoisotopic (exact) mass is 483 g/mol. The molecule has 190 valence electrons. The SMILES string of the molecule is CN1CC(=O)OC2(CC/C=C/CCCCCC(=O)N/C1=N/C(=O)OCc1ccccc1)CCCC2. The summed E-state index contributed by atoms with van der Waals surface area (Å²) in [6.45, 7) is -0.0740. The molecule has 1 saturated carbocycles. The van der Waals surface area contributed by atoms with E-state index in [0.29, 0.717) is 6.42 Å². The van der Waals surface area contributed by atoms with Gasteiger partial charge in [0.15, 0.2) is 0 Å². The molecule has 1 aliphatic carbocycles. The quantitative estimate of drug-likeness (QED) is 0.475. The van der Waals surface area contributed by atoms with Crippen molar-refractivity contribution in [2.24, 2.45) is 4.99 Å². The highest BCUT2D eigenvalue weighted by Gasteiger charge is 2.37. The summed E-state index contributed by atoms with van der Waals surface area (Å²) in [6.07, 6.45) is 13.0. The Balaban J connectivity index is 1.70. The molecule has 1 fully saturated rings. The van der Waals surface area contributed by atoms with Crippen LogP contribution in [0.2, 0.25) is 0 Å². The number of benzene rings is 1. The first-order valence-electron chi connectivity index (χ1n) is 12.6. The molecule has 0 aromatic heterocycles. The van der Waals surface area contributed by atoms with Crippen molar-refractivity contribution in [2.75, 3.05) is 13.6 Å². The molecule has 2 amide bonds. The summed E-state index contributed by atoms with van der Waals surface area (Å²) in [5.74, 6) is -0.675. The molecule has 3 rings (SSSR count). The first kappa shape index (κ1) is 26.4. The number of carbonyl (C=O) groups excluding carboxylic acids is 3. The maximum Gasteiger partial charge on any atom is 0.437 e.